The Bertz CT molecular complexity index is 2980. The van der Waals surface area contributed by atoms with E-state index in [2.05, 4.69) is 158 Å². The monoisotopic (exact) mass is 709 g/mol. The van der Waals surface area contributed by atoms with Gasteiger partial charge in [0.2, 0.25) is 0 Å². The first kappa shape index (κ1) is 31.0. The summed E-state index contributed by atoms with van der Waals surface area (Å²) in [6.45, 7) is 0. The zero-order valence-electron chi connectivity index (χ0n) is 29.1. The smallest absolute Gasteiger partial charge is 0.164 e. The predicted molar refractivity (Wildman–Crippen MR) is 222 cm³/mol. The first-order valence-electron chi connectivity index (χ1n) is 18.2. The standard InChI is InChI=1S/C49H31N3OS/c1-2-9-30(10-3-1)32-17-20-33(21-18-32)47-50-48(37-22-19-31-11-4-5-12-34(31)27-37)52-49(51-47)41-14-8-15-42-46(41)40-26-24-35(28-43(40)53-42)36-23-25-39-38-13-6-7-16-44(38)54-45(39)29-36/h1-29,38,44H. The van der Waals surface area contributed by atoms with E-state index in [9.17, 15) is 0 Å². The predicted octanol–water partition coefficient (Wildman–Crippen LogP) is 12.9. The minimum Gasteiger partial charge on any atom is -0.456 e. The molecule has 54 heavy (non-hydrogen) atoms. The summed E-state index contributed by atoms with van der Waals surface area (Å²) in [6.07, 6.45) is 8.97. The van der Waals surface area contributed by atoms with Gasteiger partial charge in [0.25, 0.3) is 0 Å². The molecule has 0 spiro atoms. The fourth-order valence-corrected chi connectivity index (χ4v) is 9.32. The van der Waals surface area contributed by atoms with Crippen molar-refractivity contribution < 1.29 is 4.42 Å². The van der Waals surface area contributed by atoms with E-state index in [1.54, 1.807) is 0 Å². The highest BCUT2D eigenvalue weighted by atomic mass is 32.2. The topological polar surface area (TPSA) is 51.8 Å². The van der Waals surface area contributed by atoms with Crippen molar-refractivity contribution in [1.29, 1.82) is 0 Å². The summed E-state index contributed by atoms with van der Waals surface area (Å²) < 4.78 is 6.59. The van der Waals surface area contributed by atoms with Crippen molar-refractivity contribution in [3.63, 3.8) is 0 Å². The Kier molecular flexibility index (Phi) is 7.20. The zero-order valence-corrected chi connectivity index (χ0v) is 29.9. The summed E-state index contributed by atoms with van der Waals surface area (Å²) in [5, 5.41) is 4.81. The number of fused-ring (bicyclic) bond motifs is 7. The minimum atomic E-state index is 0.451. The van der Waals surface area contributed by atoms with Gasteiger partial charge in [-0.15, -0.1) is 11.8 Å². The van der Waals surface area contributed by atoms with E-state index in [4.69, 9.17) is 19.4 Å². The van der Waals surface area contributed by atoms with Crippen molar-refractivity contribution in [3.8, 4) is 56.4 Å². The van der Waals surface area contributed by atoms with E-state index in [0.29, 0.717) is 28.6 Å². The normalized spacial score (nSPS) is 15.9. The maximum atomic E-state index is 6.59. The highest BCUT2D eigenvalue weighted by molar-refractivity contribution is 8.00. The summed E-state index contributed by atoms with van der Waals surface area (Å²) in [5.41, 5.74) is 10.4. The van der Waals surface area contributed by atoms with Crippen LogP contribution in [0.1, 0.15) is 11.5 Å². The maximum Gasteiger partial charge on any atom is 0.164 e. The number of allylic oxidation sites excluding steroid dienone is 3. The first-order valence-corrected chi connectivity index (χ1v) is 19.1. The molecule has 4 nitrogen and oxygen atoms in total. The number of hydrogen-bond donors (Lipinski definition) is 0. The van der Waals surface area contributed by atoms with Crippen molar-refractivity contribution in [2.24, 2.45) is 0 Å². The fourth-order valence-electron chi connectivity index (χ4n) is 7.93. The van der Waals surface area contributed by atoms with Crippen molar-refractivity contribution >= 4 is 44.5 Å². The lowest BCUT2D eigenvalue weighted by atomic mass is 9.91. The SMILES string of the molecule is C1=CC2Sc3cc(-c4ccc5c(c4)oc4cccc(-c6nc(-c7ccc(-c8ccccc8)cc7)nc(-c7ccc8ccccc8c7)n6)c45)ccc3C2C=C1. The van der Waals surface area contributed by atoms with Gasteiger partial charge in [-0.05, 0) is 68.9 Å². The third kappa shape index (κ3) is 5.27. The number of rotatable bonds is 5. The molecule has 0 fully saturated rings. The molecule has 11 rings (SSSR count). The lowest BCUT2D eigenvalue weighted by molar-refractivity contribution is 0.669. The molecular formula is C49H31N3OS. The molecular weight excluding hydrogens is 679 g/mol. The van der Waals surface area contributed by atoms with Crippen LogP contribution in [0.2, 0.25) is 0 Å². The molecule has 2 atom stereocenters. The third-order valence-electron chi connectivity index (χ3n) is 10.7. The van der Waals surface area contributed by atoms with Crippen molar-refractivity contribution in [3.05, 3.63) is 182 Å². The van der Waals surface area contributed by atoms with Gasteiger partial charge in [-0.3, -0.25) is 0 Å². The average Bonchev–Trinajstić information content (AvgIpc) is 3.81. The molecule has 0 radical (unpaired) electrons. The molecule has 2 unspecified atom stereocenters. The molecule has 5 heteroatoms. The number of hydrogen-bond acceptors (Lipinski definition) is 5. The summed E-state index contributed by atoms with van der Waals surface area (Å²) in [4.78, 5) is 16.7. The summed E-state index contributed by atoms with van der Waals surface area (Å²) >= 11 is 1.95. The van der Waals surface area contributed by atoms with Gasteiger partial charge < -0.3 is 4.42 Å². The van der Waals surface area contributed by atoms with E-state index < -0.39 is 0 Å². The van der Waals surface area contributed by atoms with E-state index in [1.807, 2.05) is 30.0 Å². The van der Waals surface area contributed by atoms with Crippen LogP contribution >= 0.6 is 11.8 Å². The Labute approximate surface area is 316 Å². The quantitative estimate of drug-likeness (QED) is 0.178. The van der Waals surface area contributed by atoms with Crippen molar-refractivity contribution in [1.82, 2.24) is 15.0 Å². The number of furan rings is 1. The second-order valence-electron chi connectivity index (χ2n) is 13.9. The number of nitrogens with zero attached hydrogens (tertiary/aromatic N) is 3. The Morgan fingerprint density at radius 1 is 0.463 bits per heavy atom. The van der Waals surface area contributed by atoms with Crippen LogP contribution < -0.4 is 0 Å². The molecule has 9 aromatic rings. The molecule has 7 aromatic carbocycles. The number of benzene rings is 7. The summed E-state index contributed by atoms with van der Waals surface area (Å²) in [7, 11) is 0. The Hall–Kier alpha value is -6.56. The molecule has 1 aliphatic carbocycles. The molecule has 0 saturated carbocycles. The van der Waals surface area contributed by atoms with Crippen LogP contribution in [0.3, 0.4) is 0 Å². The zero-order chi connectivity index (χ0) is 35.6. The lowest BCUT2D eigenvalue weighted by Gasteiger charge is -2.14. The highest BCUT2D eigenvalue weighted by Gasteiger charge is 2.31. The Morgan fingerprint density at radius 2 is 1.15 bits per heavy atom. The van der Waals surface area contributed by atoms with Crippen LogP contribution in [0.4, 0.5) is 0 Å². The molecule has 254 valence electrons. The molecule has 2 aromatic heterocycles. The van der Waals surface area contributed by atoms with Crippen LogP contribution in [0, 0.1) is 0 Å². The molecule has 2 aliphatic rings. The van der Waals surface area contributed by atoms with Crippen molar-refractivity contribution in [2.75, 3.05) is 0 Å². The molecule has 0 N–H and O–H groups in total. The average molecular weight is 710 g/mol. The van der Waals surface area contributed by atoms with E-state index in [1.165, 1.54) is 27.0 Å². The first-order chi connectivity index (χ1) is 26.7. The van der Waals surface area contributed by atoms with E-state index >= 15 is 0 Å². The van der Waals surface area contributed by atoms with Crippen LogP contribution in [0.25, 0.3) is 89.1 Å². The van der Waals surface area contributed by atoms with Crippen LogP contribution in [0.5, 0.6) is 0 Å². The number of aromatic nitrogens is 3. The van der Waals surface area contributed by atoms with E-state index in [-0.39, 0.29) is 0 Å². The van der Waals surface area contributed by atoms with Gasteiger partial charge in [-0.1, -0.05) is 146 Å². The molecule has 3 heterocycles. The van der Waals surface area contributed by atoms with Crippen LogP contribution in [0.15, 0.2) is 185 Å². The van der Waals surface area contributed by atoms with Gasteiger partial charge in [0.1, 0.15) is 11.2 Å². The Balaban J connectivity index is 1.03. The third-order valence-corrected chi connectivity index (χ3v) is 12.0. The minimum absolute atomic E-state index is 0.451. The van der Waals surface area contributed by atoms with Gasteiger partial charge in [0.05, 0.1) is 0 Å². The molecule has 0 saturated heterocycles. The summed E-state index contributed by atoms with van der Waals surface area (Å²) in [6, 6.07) is 53.2. The lowest BCUT2D eigenvalue weighted by Crippen LogP contribution is -2.06. The maximum absolute atomic E-state index is 6.59. The molecule has 1 aliphatic heterocycles. The molecule has 0 bridgehead atoms. The van der Waals surface area contributed by atoms with Crippen LogP contribution in [-0.4, -0.2) is 20.2 Å². The van der Waals surface area contributed by atoms with Crippen LogP contribution in [-0.2, 0) is 0 Å². The number of thioether (sulfide) groups is 1. The second kappa shape index (κ2) is 12.5. The largest absolute Gasteiger partial charge is 0.456 e. The fraction of sp³-hybridized carbons (Fsp3) is 0.0408. The van der Waals surface area contributed by atoms with Gasteiger partial charge in [-0.2, -0.15) is 0 Å². The van der Waals surface area contributed by atoms with Gasteiger partial charge in [0, 0.05) is 43.5 Å². The highest BCUT2D eigenvalue weighted by Crippen LogP contribution is 2.49. The van der Waals surface area contributed by atoms with Gasteiger partial charge >= 0.3 is 0 Å². The van der Waals surface area contributed by atoms with Gasteiger partial charge in [0.15, 0.2) is 17.5 Å². The van der Waals surface area contributed by atoms with Gasteiger partial charge in [-0.25, -0.2) is 15.0 Å². The molecule has 0 amide bonds. The summed E-state index contributed by atoms with van der Waals surface area (Å²) in [5.74, 6) is 2.30. The van der Waals surface area contributed by atoms with E-state index in [0.717, 1.165) is 55.1 Å². The Morgan fingerprint density at radius 3 is 2.04 bits per heavy atom. The second-order valence-corrected chi connectivity index (χ2v) is 15.2. The van der Waals surface area contributed by atoms with Crippen molar-refractivity contribution in [2.45, 2.75) is 16.1 Å².